The number of hydrogen-bond donors (Lipinski definition) is 1. The lowest BCUT2D eigenvalue weighted by atomic mass is 10.0. The van der Waals surface area contributed by atoms with E-state index in [0.29, 0.717) is 5.75 Å². The van der Waals surface area contributed by atoms with E-state index in [4.69, 9.17) is 0 Å². The maximum absolute atomic E-state index is 12.4. The molecule has 0 saturated carbocycles. The van der Waals surface area contributed by atoms with Crippen LogP contribution in [0.2, 0.25) is 0 Å². The van der Waals surface area contributed by atoms with Gasteiger partial charge in [0.25, 0.3) is 21.8 Å². The smallest absolute Gasteiger partial charge is 0.295 e. The molecule has 1 amide bonds. The molecule has 0 spiro atoms. The molecule has 1 atom stereocenters. The zero-order valence-electron chi connectivity index (χ0n) is 13.6. The summed E-state index contributed by atoms with van der Waals surface area (Å²) in [6.07, 6.45) is 1.78. The molecule has 0 aromatic heterocycles. The van der Waals surface area contributed by atoms with Crippen LogP contribution in [0.4, 0.5) is 0 Å². The minimum Gasteiger partial charge on any atom is -0.348 e. The molecule has 0 saturated heterocycles. The molecular formula is C15H17NO7S2. The van der Waals surface area contributed by atoms with Crippen LogP contribution in [0.3, 0.4) is 0 Å². The Hall–Kier alpha value is -2.04. The number of Topliss-reactive ketones (excluding diaryl/α,β-unsaturated/α-hetero) is 3. The van der Waals surface area contributed by atoms with Gasteiger partial charge in [-0.05, 0) is 6.26 Å². The van der Waals surface area contributed by atoms with E-state index in [2.05, 4.69) is 9.50 Å². The Labute approximate surface area is 149 Å². The number of hydrogen-bond acceptors (Lipinski definition) is 8. The van der Waals surface area contributed by atoms with Gasteiger partial charge in [-0.25, -0.2) is 0 Å². The fourth-order valence-corrected chi connectivity index (χ4v) is 3.08. The summed E-state index contributed by atoms with van der Waals surface area (Å²) >= 11 is 1.40. The third-order valence-electron chi connectivity index (χ3n) is 3.08. The first-order valence-electron chi connectivity index (χ1n) is 7.00. The van der Waals surface area contributed by atoms with Gasteiger partial charge in [0.2, 0.25) is 11.0 Å². The first-order chi connectivity index (χ1) is 11.8. The summed E-state index contributed by atoms with van der Waals surface area (Å²) in [6.45, 7) is 0.118. The van der Waals surface area contributed by atoms with E-state index in [1.165, 1.54) is 36.0 Å². The molecular weight excluding hydrogens is 370 g/mol. The molecule has 1 aromatic carbocycles. The Morgan fingerprint density at radius 3 is 2.28 bits per heavy atom. The molecule has 0 aliphatic rings. The molecule has 1 aromatic rings. The lowest BCUT2D eigenvalue weighted by Gasteiger charge is -2.13. The van der Waals surface area contributed by atoms with Crippen molar-refractivity contribution in [2.24, 2.45) is 0 Å². The van der Waals surface area contributed by atoms with Crippen LogP contribution >= 0.6 is 11.8 Å². The van der Waals surface area contributed by atoms with Gasteiger partial charge in [0.15, 0.2) is 5.78 Å². The number of thioether (sulfide) groups is 1. The van der Waals surface area contributed by atoms with Gasteiger partial charge in [-0.2, -0.15) is 20.2 Å². The summed E-state index contributed by atoms with van der Waals surface area (Å²) in [7, 11) is -3.95. The second-order valence-electron chi connectivity index (χ2n) is 4.71. The van der Waals surface area contributed by atoms with Crippen molar-refractivity contribution in [3.05, 3.63) is 35.9 Å². The topological polar surface area (TPSA) is 124 Å². The van der Waals surface area contributed by atoms with E-state index in [9.17, 15) is 27.6 Å². The summed E-state index contributed by atoms with van der Waals surface area (Å²) in [6, 6.07) is 7.09. The summed E-state index contributed by atoms with van der Waals surface area (Å²) in [4.78, 5) is 48.3. The molecule has 0 heterocycles. The Kier molecular flexibility index (Phi) is 7.94. The molecule has 1 unspecified atom stereocenters. The number of nitrogens with one attached hydrogen (secondary N) is 1. The largest absolute Gasteiger partial charge is 0.348 e. The van der Waals surface area contributed by atoms with Crippen LogP contribution in [0, 0.1) is 0 Å². The fraction of sp³-hybridized carbons (Fsp3) is 0.333. The van der Waals surface area contributed by atoms with Gasteiger partial charge in [-0.1, -0.05) is 30.3 Å². The molecule has 25 heavy (non-hydrogen) atoms. The van der Waals surface area contributed by atoms with Crippen molar-refractivity contribution in [2.45, 2.75) is 5.25 Å². The van der Waals surface area contributed by atoms with Gasteiger partial charge in [0.1, 0.15) is 0 Å². The minimum atomic E-state index is -4.71. The Bertz CT molecular complexity index is 759. The summed E-state index contributed by atoms with van der Waals surface area (Å²) in [5.74, 6) is -5.18. The highest BCUT2D eigenvalue weighted by Crippen LogP contribution is 2.14. The zero-order chi connectivity index (χ0) is 19.0. The van der Waals surface area contributed by atoms with Gasteiger partial charge < -0.3 is 5.32 Å². The highest BCUT2D eigenvalue weighted by atomic mass is 32.2. The second-order valence-corrected chi connectivity index (χ2v) is 7.49. The Morgan fingerprint density at radius 1 is 1.16 bits per heavy atom. The predicted octanol–water partition coefficient (Wildman–Crippen LogP) is -0.168. The highest BCUT2D eigenvalue weighted by molar-refractivity contribution is 7.98. The number of amides is 1. The first kappa shape index (κ1) is 21.0. The van der Waals surface area contributed by atoms with E-state index in [0.717, 1.165) is 7.11 Å². The second kappa shape index (κ2) is 9.44. The van der Waals surface area contributed by atoms with Crippen LogP contribution in [0.1, 0.15) is 10.4 Å². The minimum absolute atomic E-state index is 0.0999. The third-order valence-corrected chi connectivity index (χ3v) is 5.16. The van der Waals surface area contributed by atoms with Crippen molar-refractivity contribution in [2.75, 3.05) is 25.7 Å². The van der Waals surface area contributed by atoms with Gasteiger partial charge >= 0.3 is 0 Å². The Balaban J connectivity index is 3.13. The molecule has 1 rings (SSSR count). The van der Waals surface area contributed by atoms with E-state index in [-0.39, 0.29) is 12.1 Å². The van der Waals surface area contributed by atoms with Crippen LogP contribution in [-0.2, 0) is 28.7 Å². The quantitative estimate of drug-likeness (QED) is 0.193. The number of carbonyl (C=O) groups is 4. The van der Waals surface area contributed by atoms with E-state index in [1.807, 2.05) is 0 Å². The standard InChI is InChI=1S/C15H17NO7S2/c1-23-25(21,22)14(11(17)10-6-4-3-5-7-10)12(18)13(19)15(20)16-8-9-24-2/h3-7,14H,8-9H2,1-2H3,(H,16,20). The fourth-order valence-electron chi connectivity index (χ4n) is 1.81. The van der Waals surface area contributed by atoms with Crippen molar-refractivity contribution in [1.82, 2.24) is 5.32 Å². The van der Waals surface area contributed by atoms with Gasteiger partial charge in [0, 0.05) is 17.9 Å². The lowest BCUT2D eigenvalue weighted by molar-refractivity contribution is -0.144. The third kappa shape index (κ3) is 5.48. The molecule has 136 valence electrons. The van der Waals surface area contributed by atoms with E-state index in [1.54, 1.807) is 12.3 Å². The van der Waals surface area contributed by atoms with Crippen molar-refractivity contribution in [3.8, 4) is 0 Å². The van der Waals surface area contributed by atoms with Crippen molar-refractivity contribution in [3.63, 3.8) is 0 Å². The van der Waals surface area contributed by atoms with Crippen LogP contribution < -0.4 is 5.32 Å². The number of benzene rings is 1. The molecule has 10 heteroatoms. The van der Waals surface area contributed by atoms with Crippen molar-refractivity contribution < 1.29 is 31.8 Å². The van der Waals surface area contributed by atoms with E-state index < -0.39 is 38.6 Å². The highest BCUT2D eigenvalue weighted by Gasteiger charge is 2.44. The summed E-state index contributed by atoms with van der Waals surface area (Å²) in [5.41, 5.74) is -0.0999. The number of rotatable bonds is 10. The van der Waals surface area contributed by atoms with Gasteiger partial charge in [0.05, 0.1) is 7.11 Å². The molecule has 0 fully saturated rings. The predicted molar refractivity (Wildman–Crippen MR) is 91.9 cm³/mol. The maximum Gasteiger partial charge on any atom is 0.295 e. The molecule has 8 nitrogen and oxygen atoms in total. The van der Waals surface area contributed by atoms with Crippen LogP contribution in [0.5, 0.6) is 0 Å². The van der Waals surface area contributed by atoms with Crippen molar-refractivity contribution in [1.29, 1.82) is 0 Å². The molecule has 1 N–H and O–H groups in total. The Morgan fingerprint density at radius 2 is 1.76 bits per heavy atom. The molecule has 0 bridgehead atoms. The average Bonchev–Trinajstić information content (AvgIpc) is 2.61. The lowest BCUT2D eigenvalue weighted by Crippen LogP contribution is -2.47. The summed E-state index contributed by atoms with van der Waals surface area (Å²) < 4.78 is 28.2. The normalized spacial score (nSPS) is 12.2. The molecule has 0 radical (unpaired) electrons. The monoisotopic (exact) mass is 387 g/mol. The van der Waals surface area contributed by atoms with Gasteiger partial charge in [-0.15, -0.1) is 0 Å². The number of carbonyl (C=O) groups excluding carboxylic acids is 4. The average molecular weight is 387 g/mol. The van der Waals surface area contributed by atoms with Crippen molar-refractivity contribution >= 4 is 45.1 Å². The van der Waals surface area contributed by atoms with E-state index >= 15 is 0 Å². The molecule has 0 aliphatic heterocycles. The van der Waals surface area contributed by atoms with Crippen LogP contribution in [0.15, 0.2) is 30.3 Å². The van der Waals surface area contributed by atoms with Crippen LogP contribution in [-0.4, -0.2) is 62.6 Å². The molecule has 0 aliphatic carbocycles. The summed E-state index contributed by atoms with van der Waals surface area (Å²) in [5, 5.41) is -0.242. The van der Waals surface area contributed by atoms with Gasteiger partial charge in [-0.3, -0.25) is 23.4 Å². The van der Waals surface area contributed by atoms with Crippen LogP contribution in [0.25, 0.3) is 0 Å². The first-order valence-corrected chi connectivity index (χ1v) is 9.86. The zero-order valence-corrected chi connectivity index (χ0v) is 15.2. The SMILES string of the molecule is COS(=O)(=O)C(C(=O)C(=O)C(=O)NCCSC)C(=O)c1ccccc1. The maximum atomic E-state index is 12.4. The number of ketones is 3.